The van der Waals surface area contributed by atoms with Crippen molar-refractivity contribution in [1.29, 1.82) is 0 Å². The quantitative estimate of drug-likeness (QED) is 0.310. The number of rotatable bonds is 9. The van der Waals surface area contributed by atoms with Crippen molar-refractivity contribution in [2.45, 2.75) is 46.7 Å². The van der Waals surface area contributed by atoms with E-state index in [-0.39, 0.29) is 0 Å². The average Bonchev–Trinajstić information content (AvgIpc) is 3.28. The molecule has 0 bridgehead atoms. The van der Waals surface area contributed by atoms with Gasteiger partial charge in [-0.05, 0) is 74.2 Å². The second-order valence-electron chi connectivity index (χ2n) is 8.78. The Hall–Kier alpha value is -4.20. The van der Waals surface area contributed by atoms with Gasteiger partial charge in [0.15, 0.2) is 0 Å². The van der Waals surface area contributed by atoms with Crippen molar-refractivity contribution in [3.8, 4) is 11.5 Å². The molecule has 0 aliphatic heterocycles. The molecule has 0 aliphatic rings. The lowest BCUT2D eigenvalue weighted by molar-refractivity contribution is -0.137. The van der Waals surface area contributed by atoms with Crippen molar-refractivity contribution in [2.24, 2.45) is 0 Å². The zero-order chi connectivity index (χ0) is 24.9. The standard InChI is InChI=1S/C27H29N5O3/c1-16-9-10-28-23(13-16)29-15-24-31-32-26(35-24)21-7-5-20(6-8-21)14-22(27(33)34)30-25-18(3)11-17(2)12-19(25)4/h5-13,22,30H,14-15H2,1-4H3,(H,28,29)(H,33,34). The summed E-state index contributed by atoms with van der Waals surface area (Å²) in [5.41, 5.74) is 6.85. The molecule has 1 unspecified atom stereocenters. The number of hydrogen-bond donors (Lipinski definition) is 3. The number of carbonyl (C=O) groups is 1. The highest BCUT2D eigenvalue weighted by Crippen LogP contribution is 2.24. The van der Waals surface area contributed by atoms with E-state index in [4.69, 9.17) is 4.42 Å². The zero-order valence-electron chi connectivity index (χ0n) is 20.3. The van der Waals surface area contributed by atoms with Gasteiger partial charge in [0.2, 0.25) is 11.8 Å². The SMILES string of the molecule is Cc1ccnc(NCc2nnc(-c3ccc(CC(Nc4c(C)cc(C)cc4C)C(=O)O)cc3)o2)c1. The fourth-order valence-corrected chi connectivity index (χ4v) is 4.04. The Morgan fingerprint density at radius 2 is 1.69 bits per heavy atom. The molecule has 0 spiro atoms. The summed E-state index contributed by atoms with van der Waals surface area (Å²) in [7, 11) is 0. The number of aryl methyl sites for hydroxylation is 4. The highest BCUT2D eigenvalue weighted by molar-refractivity contribution is 5.79. The fraction of sp³-hybridized carbons (Fsp3) is 0.259. The first-order valence-electron chi connectivity index (χ1n) is 11.4. The third-order valence-electron chi connectivity index (χ3n) is 5.74. The predicted molar refractivity (Wildman–Crippen MR) is 135 cm³/mol. The molecular weight excluding hydrogens is 442 g/mol. The van der Waals surface area contributed by atoms with Gasteiger partial charge in [0.05, 0.1) is 6.54 Å². The zero-order valence-corrected chi connectivity index (χ0v) is 20.3. The lowest BCUT2D eigenvalue weighted by Gasteiger charge is -2.20. The highest BCUT2D eigenvalue weighted by atomic mass is 16.4. The molecule has 35 heavy (non-hydrogen) atoms. The molecular formula is C27H29N5O3. The molecule has 4 rings (SSSR count). The minimum atomic E-state index is -0.898. The van der Waals surface area contributed by atoms with E-state index >= 15 is 0 Å². The summed E-state index contributed by atoms with van der Waals surface area (Å²) in [4.78, 5) is 16.2. The van der Waals surface area contributed by atoms with Crippen LogP contribution in [0.25, 0.3) is 11.5 Å². The van der Waals surface area contributed by atoms with Gasteiger partial charge in [-0.25, -0.2) is 9.78 Å². The second kappa shape index (κ2) is 10.4. The number of hydrogen-bond acceptors (Lipinski definition) is 7. The molecule has 8 heteroatoms. The van der Waals surface area contributed by atoms with Crippen LogP contribution in [0.15, 0.2) is 59.1 Å². The van der Waals surface area contributed by atoms with Gasteiger partial charge in [0.25, 0.3) is 0 Å². The maximum atomic E-state index is 12.0. The van der Waals surface area contributed by atoms with Gasteiger partial charge in [0.1, 0.15) is 11.9 Å². The Balaban J connectivity index is 1.41. The molecule has 2 aromatic carbocycles. The van der Waals surface area contributed by atoms with Crippen LogP contribution >= 0.6 is 0 Å². The minimum absolute atomic E-state index is 0.338. The first-order valence-corrected chi connectivity index (χ1v) is 11.4. The van der Waals surface area contributed by atoms with Crippen LogP contribution < -0.4 is 10.6 Å². The van der Waals surface area contributed by atoms with Gasteiger partial charge < -0.3 is 20.2 Å². The number of nitrogens with one attached hydrogen (secondary N) is 2. The first kappa shape index (κ1) is 23.9. The van der Waals surface area contributed by atoms with Crippen LogP contribution in [0.2, 0.25) is 0 Å². The summed E-state index contributed by atoms with van der Waals surface area (Å²) >= 11 is 0. The van der Waals surface area contributed by atoms with E-state index in [1.165, 1.54) is 0 Å². The van der Waals surface area contributed by atoms with Gasteiger partial charge in [-0.1, -0.05) is 29.8 Å². The topological polar surface area (TPSA) is 113 Å². The largest absolute Gasteiger partial charge is 0.480 e. The van der Waals surface area contributed by atoms with Crippen molar-refractivity contribution < 1.29 is 14.3 Å². The van der Waals surface area contributed by atoms with Gasteiger partial charge >= 0.3 is 5.97 Å². The van der Waals surface area contributed by atoms with Crippen molar-refractivity contribution in [3.05, 3.63) is 88.4 Å². The summed E-state index contributed by atoms with van der Waals surface area (Å²) in [5.74, 6) is 0.702. The van der Waals surface area contributed by atoms with E-state index < -0.39 is 12.0 Å². The van der Waals surface area contributed by atoms with E-state index in [1.54, 1.807) is 6.20 Å². The number of carboxylic acid groups (broad SMARTS) is 1. The van der Waals surface area contributed by atoms with E-state index in [0.717, 1.165) is 44.9 Å². The summed E-state index contributed by atoms with van der Waals surface area (Å²) in [6, 6.07) is 14.7. The summed E-state index contributed by atoms with van der Waals surface area (Å²) < 4.78 is 5.78. The van der Waals surface area contributed by atoms with Crippen molar-refractivity contribution >= 4 is 17.5 Å². The Morgan fingerprint density at radius 1 is 0.971 bits per heavy atom. The van der Waals surface area contributed by atoms with Crippen molar-refractivity contribution in [2.75, 3.05) is 10.6 Å². The van der Waals surface area contributed by atoms with Crippen molar-refractivity contribution in [3.63, 3.8) is 0 Å². The monoisotopic (exact) mass is 471 g/mol. The van der Waals surface area contributed by atoms with Gasteiger partial charge in [-0.15, -0.1) is 10.2 Å². The second-order valence-corrected chi connectivity index (χ2v) is 8.78. The lowest BCUT2D eigenvalue weighted by Crippen LogP contribution is -2.32. The van der Waals surface area contributed by atoms with Crippen LogP contribution in [0.4, 0.5) is 11.5 Å². The Labute approximate surface area is 204 Å². The van der Waals surface area contributed by atoms with E-state index in [9.17, 15) is 9.90 Å². The van der Waals surface area contributed by atoms with E-state index in [2.05, 4.69) is 37.9 Å². The number of benzene rings is 2. The summed E-state index contributed by atoms with van der Waals surface area (Å²) in [6.45, 7) is 8.37. The maximum absolute atomic E-state index is 12.0. The molecule has 0 fully saturated rings. The maximum Gasteiger partial charge on any atom is 0.326 e. The van der Waals surface area contributed by atoms with Crippen LogP contribution in [0.3, 0.4) is 0 Å². The van der Waals surface area contributed by atoms with E-state index in [0.29, 0.717) is 24.7 Å². The number of pyridine rings is 1. The molecule has 0 amide bonds. The smallest absolute Gasteiger partial charge is 0.326 e. The van der Waals surface area contributed by atoms with Crippen LogP contribution in [0.1, 0.15) is 33.7 Å². The first-order chi connectivity index (χ1) is 16.8. The Bertz CT molecular complexity index is 1310. The number of nitrogens with zero attached hydrogens (tertiary/aromatic N) is 3. The Morgan fingerprint density at radius 3 is 2.34 bits per heavy atom. The molecule has 1 atom stereocenters. The van der Waals surface area contributed by atoms with E-state index in [1.807, 2.05) is 64.1 Å². The molecule has 4 aromatic rings. The summed E-state index contributed by atoms with van der Waals surface area (Å²) in [5, 5.41) is 24.4. The summed E-state index contributed by atoms with van der Waals surface area (Å²) in [6.07, 6.45) is 2.08. The number of carboxylic acids is 1. The molecule has 0 saturated heterocycles. The normalized spacial score (nSPS) is 11.8. The molecule has 0 saturated carbocycles. The molecule has 0 aliphatic carbocycles. The molecule has 0 radical (unpaired) electrons. The third-order valence-corrected chi connectivity index (χ3v) is 5.74. The predicted octanol–water partition coefficient (Wildman–Crippen LogP) is 5.09. The average molecular weight is 472 g/mol. The third kappa shape index (κ3) is 6.03. The molecule has 2 aromatic heterocycles. The van der Waals surface area contributed by atoms with Crippen LogP contribution in [-0.2, 0) is 17.8 Å². The Kier molecular flexibility index (Phi) is 7.10. The minimum Gasteiger partial charge on any atom is -0.480 e. The van der Waals surface area contributed by atoms with Crippen LogP contribution in [0.5, 0.6) is 0 Å². The molecule has 2 heterocycles. The van der Waals surface area contributed by atoms with Crippen LogP contribution in [0, 0.1) is 27.7 Å². The molecule has 8 nitrogen and oxygen atoms in total. The van der Waals surface area contributed by atoms with Gasteiger partial charge in [-0.2, -0.15) is 0 Å². The number of aliphatic carboxylic acids is 1. The molecule has 180 valence electrons. The number of anilines is 2. The fourth-order valence-electron chi connectivity index (χ4n) is 4.04. The molecule has 3 N–H and O–H groups in total. The highest BCUT2D eigenvalue weighted by Gasteiger charge is 2.20. The van der Waals surface area contributed by atoms with Gasteiger partial charge in [0, 0.05) is 23.9 Å². The number of aromatic nitrogens is 3. The van der Waals surface area contributed by atoms with Crippen LogP contribution in [-0.4, -0.2) is 32.3 Å². The van der Waals surface area contributed by atoms with Crippen molar-refractivity contribution in [1.82, 2.24) is 15.2 Å². The van der Waals surface area contributed by atoms with Gasteiger partial charge in [-0.3, -0.25) is 0 Å². The lowest BCUT2D eigenvalue weighted by atomic mass is 10.0.